The van der Waals surface area contributed by atoms with Gasteiger partial charge in [0.2, 0.25) is 0 Å². The van der Waals surface area contributed by atoms with Crippen molar-refractivity contribution >= 4 is 29.4 Å². The third-order valence-corrected chi connectivity index (χ3v) is 4.39. The normalized spacial score (nSPS) is 24.3. The summed E-state index contributed by atoms with van der Waals surface area (Å²) in [6.45, 7) is 3.98. The number of nitriles is 1. The molecule has 6 heteroatoms. The summed E-state index contributed by atoms with van der Waals surface area (Å²) < 4.78 is 8.62. The Morgan fingerprint density at radius 3 is 2.44 bits per heavy atom. The molecule has 1 unspecified atom stereocenters. The summed E-state index contributed by atoms with van der Waals surface area (Å²) in [5.74, 6) is -0.0909. The minimum absolute atomic E-state index is 0.0380. The zero-order chi connectivity index (χ0) is 12.4. The van der Waals surface area contributed by atoms with Gasteiger partial charge in [-0.25, -0.2) is 4.79 Å². The molecule has 16 heavy (non-hydrogen) atoms. The molecule has 0 saturated heterocycles. The summed E-state index contributed by atoms with van der Waals surface area (Å²) in [5.41, 5.74) is -0.261. The molecular formula is C10H13Cl2NO3. The summed E-state index contributed by atoms with van der Waals surface area (Å²) in [7, 11) is 0. The molecule has 0 amide bonds. The molecule has 1 atom stereocenters. The van der Waals surface area contributed by atoms with Gasteiger partial charge in [-0.3, -0.25) is 0 Å². The summed E-state index contributed by atoms with van der Waals surface area (Å²) in [6, 6.07) is 1.85. The fourth-order valence-electron chi connectivity index (χ4n) is 1.44. The van der Waals surface area contributed by atoms with Crippen LogP contribution in [0.15, 0.2) is 0 Å². The summed E-state index contributed by atoms with van der Waals surface area (Å²) in [4.78, 5) is 11.0. The van der Waals surface area contributed by atoms with Crippen LogP contribution < -0.4 is 0 Å². The fourth-order valence-corrected chi connectivity index (χ4v) is 2.27. The molecule has 0 aliphatic heterocycles. The molecule has 1 fully saturated rings. The van der Waals surface area contributed by atoms with Gasteiger partial charge in [-0.15, -0.1) is 23.2 Å². The van der Waals surface area contributed by atoms with Crippen molar-refractivity contribution in [2.24, 2.45) is 11.3 Å². The Hall–Kier alpha value is -0.660. The van der Waals surface area contributed by atoms with Gasteiger partial charge in [0.25, 0.3) is 0 Å². The lowest BCUT2D eigenvalue weighted by molar-refractivity contribution is 0.0513. The van der Waals surface area contributed by atoms with Crippen LogP contribution in [0.3, 0.4) is 0 Å². The average molecular weight is 266 g/mol. The van der Waals surface area contributed by atoms with Gasteiger partial charge in [0.15, 0.2) is 0 Å². The molecule has 0 aromatic heterocycles. The number of carbonyl (C=O) groups is 1. The second-order valence-electron chi connectivity index (χ2n) is 4.21. The first-order valence-electron chi connectivity index (χ1n) is 4.88. The minimum atomic E-state index is -0.847. The summed E-state index contributed by atoms with van der Waals surface area (Å²) >= 11 is 12.0. The minimum Gasteiger partial charge on any atom is -0.434 e. The van der Waals surface area contributed by atoms with E-state index in [0.717, 1.165) is 0 Å². The lowest BCUT2D eigenvalue weighted by Crippen LogP contribution is -2.12. The Kier molecular flexibility index (Phi) is 3.92. The molecule has 90 valence electrons. The quantitative estimate of drug-likeness (QED) is 0.446. The van der Waals surface area contributed by atoms with E-state index in [0.29, 0.717) is 0 Å². The van der Waals surface area contributed by atoms with Crippen LogP contribution in [-0.4, -0.2) is 23.7 Å². The van der Waals surface area contributed by atoms with Crippen LogP contribution >= 0.6 is 23.2 Å². The van der Waals surface area contributed by atoms with E-state index < -0.39 is 10.5 Å². The third kappa shape index (κ3) is 2.53. The molecule has 0 radical (unpaired) electrons. The highest BCUT2D eigenvalue weighted by Gasteiger charge is 2.70. The lowest BCUT2D eigenvalue weighted by atomic mass is 10.1. The maximum Gasteiger partial charge on any atom is 0.508 e. The Bertz CT molecular complexity index is 309. The second kappa shape index (κ2) is 4.68. The van der Waals surface area contributed by atoms with E-state index in [2.05, 4.69) is 4.74 Å². The van der Waals surface area contributed by atoms with E-state index in [1.165, 1.54) is 0 Å². The number of hydrogen-bond donors (Lipinski definition) is 0. The van der Waals surface area contributed by atoms with Crippen molar-refractivity contribution in [3.63, 3.8) is 0 Å². The van der Waals surface area contributed by atoms with Crippen molar-refractivity contribution in [3.05, 3.63) is 0 Å². The van der Waals surface area contributed by atoms with Gasteiger partial charge in [-0.2, -0.15) is 5.26 Å². The largest absolute Gasteiger partial charge is 0.508 e. The Morgan fingerprint density at radius 1 is 1.44 bits per heavy atom. The number of rotatable bonds is 4. The summed E-state index contributed by atoms with van der Waals surface area (Å²) in [5, 5.41) is 8.23. The van der Waals surface area contributed by atoms with Crippen LogP contribution in [0.2, 0.25) is 0 Å². The highest BCUT2D eigenvalue weighted by atomic mass is 35.5. The molecule has 1 rings (SSSR count). The van der Waals surface area contributed by atoms with Crippen molar-refractivity contribution < 1.29 is 14.3 Å². The number of nitrogens with zero attached hydrogens (tertiary/aromatic N) is 1. The second-order valence-corrected chi connectivity index (χ2v) is 5.60. The SMILES string of the molecule is CC1(C)C(COC(=O)OCCC#N)C1(Cl)Cl. The number of halogens is 2. The molecule has 1 aliphatic rings. The number of ether oxygens (including phenoxy) is 2. The first-order chi connectivity index (χ1) is 7.34. The fraction of sp³-hybridized carbons (Fsp3) is 0.800. The highest BCUT2D eigenvalue weighted by Crippen LogP contribution is 2.68. The molecule has 0 heterocycles. The van der Waals surface area contributed by atoms with Gasteiger partial charge >= 0.3 is 6.16 Å². The van der Waals surface area contributed by atoms with Gasteiger partial charge in [0, 0.05) is 11.3 Å². The molecule has 0 spiro atoms. The molecule has 0 aromatic rings. The van der Waals surface area contributed by atoms with Crippen molar-refractivity contribution in [2.45, 2.75) is 24.6 Å². The first kappa shape index (κ1) is 13.4. The molecular weight excluding hydrogens is 253 g/mol. The smallest absolute Gasteiger partial charge is 0.434 e. The zero-order valence-electron chi connectivity index (χ0n) is 9.13. The van der Waals surface area contributed by atoms with Gasteiger partial charge in [-0.1, -0.05) is 13.8 Å². The third-order valence-electron chi connectivity index (χ3n) is 2.89. The first-order valence-corrected chi connectivity index (χ1v) is 5.64. The Morgan fingerprint density at radius 2 is 2.00 bits per heavy atom. The summed E-state index contributed by atoms with van der Waals surface area (Å²) in [6.07, 6.45) is -0.638. The molecule has 1 saturated carbocycles. The van der Waals surface area contributed by atoms with Gasteiger partial charge in [-0.05, 0) is 0 Å². The zero-order valence-corrected chi connectivity index (χ0v) is 10.6. The van der Waals surface area contributed by atoms with Gasteiger partial charge < -0.3 is 9.47 Å². The number of alkyl halides is 2. The van der Waals surface area contributed by atoms with Crippen molar-refractivity contribution in [1.82, 2.24) is 0 Å². The van der Waals surface area contributed by atoms with E-state index in [9.17, 15) is 4.79 Å². The molecule has 0 aromatic carbocycles. The molecule has 0 bridgehead atoms. The van der Waals surface area contributed by atoms with Crippen molar-refractivity contribution in [1.29, 1.82) is 5.26 Å². The maximum absolute atomic E-state index is 11.0. The average Bonchev–Trinajstić information content (AvgIpc) is 2.55. The monoisotopic (exact) mass is 265 g/mol. The van der Waals surface area contributed by atoms with Crippen LogP contribution in [0.4, 0.5) is 4.79 Å². The van der Waals surface area contributed by atoms with E-state index in [4.69, 9.17) is 33.2 Å². The van der Waals surface area contributed by atoms with E-state index in [1.54, 1.807) is 0 Å². The predicted molar refractivity (Wildman–Crippen MR) is 59.2 cm³/mol. The van der Waals surface area contributed by atoms with Crippen LogP contribution in [0.1, 0.15) is 20.3 Å². The Balaban J connectivity index is 2.22. The maximum atomic E-state index is 11.0. The van der Waals surface area contributed by atoms with E-state index in [1.807, 2.05) is 19.9 Å². The lowest BCUT2D eigenvalue weighted by Gasteiger charge is -2.04. The van der Waals surface area contributed by atoms with Crippen molar-refractivity contribution in [2.75, 3.05) is 13.2 Å². The Labute approximate surface area is 104 Å². The molecule has 1 aliphatic carbocycles. The topological polar surface area (TPSA) is 59.3 Å². The standard InChI is InChI=1S/C10H13Cl2NO3/c1-9(2)7(10(9,11)12)6-16-8(14)15-5-3-4-13/h7H,3,5-6H2,1-2H3. The van der Waals surface area contributed by atoms with Crippen LogP contribution in [-0.2, 0) is 9.47 Å². The highest BCUT2D eigenvalue weighted by molar-refractivity contribution is 6.51. The van der Waals surface area contributed by atoms with Crippen LogP contribution in [0.25, 0.3) is 0 Å². The molecule has 4 nitrogen and oxygen atoms in total. The van der Waals surface area contributed by atoms with Gasteiger partial charge in [0.1, 0.15) is 17.5 Å². The molecule has 0 N–H and O–H groups in total. The van der Waals surface area contributed by atoms with Crippen molar-refractivity contribution in [3.8, 4) is 6.07 Å². The van der Waals surface area contributed by atoms with E-state index in [-0.39, 0.29) is 31.0 Å². The van der Waals surface area contributed by atoms with E-state index >= 15 is 0 Å². The van der Waals surface area contributed by atoms with Gasteiger partial charge in [0.05, 0.1) is 12.5 Å². The number of carbonyl (C=O) groups excluding carboxylic acids is 1. The predicted octanol–water partition coefficient (Wildman–Crippen LogP) is 2.88. The number of hydrogen-bond acceptors (Lipinski definition) is 4. The van der Waals surface area contributed by atoms with Crippen LogP contribution in [0.5, 0.6) is 0 Å². The van der Waals surface area contributed by atoms with Crippen LogP contribution in [0, 0.1) is 22.7 Å².